The van der Waals surface area contributed by atoms with Gasteiger partial charge in [0.1, 0.15) is 0 Å². The number of hydrogen-bond acceptors (Lipinski definition) is 3. The van der Waals surface area contributed by atoms with E-state index < -0.39 is 24.8 Å². The maximum atomic E-state index is 8.70. The first-order valence-corrected chi connectivity index (χ1v) is 5.24. The van der Waals surface area contributed by atoms with E-state index in [4.69, 9.17) is 43.1 Å². The van der Waals surface area contributed by atoms with Gasteiger partial charge in [-0.15, -0.1) is 29.4 Å². The fraction of sp³-hybridized carbons (Fsp3) is 0. The van der Waals surface area contributed by atoms with E-state index >= 15 is 0 Å². The molecule has 0 spiro atoms. The van der Waals surface area contributed by atoms with Crippen LogP contribution in [0, 0.1) is 0 Å². The Balaban J connectivity index is -0.0000000270. The van der Waals surface area contributed by atoms with Gasteiger partial charge in [-0.1, -0.05) is 0 Å². The minimum atomic E-state index is -2.87. The summed E-state index contributed by atoms with van der Waals surface area (Å²) in [6.45, 7) is 0. The summed E-state index contributed by atoms with van der Waals surface area (Å²) in [7, 11) is -8.61. The average molecular weight is 399 g/mol. The molecular weight excluding hydrogens is 387 g/mol. The van der Waals surface area contributed by atoms with Crippen LogP contribution in [-0.4, -0.2) is 65.3 Å². The third-order valence-electron chi connectivity index (χ3n) is 0. The maximum absolute atomic E-state index is 8.70. The molecule has 0 heterocycles. The molecule has 0 rings (SSSR count). The molecule has 0 amide bonds. The first-order valence-electron chi connectivity index (χ1n) is 1.75. The van der Waals surface area contributed by atoms with Crippen molar-refractivity contribution in [1.82, 2.24) is 0 Å². The minimum absolute atomic E-state index is 0. The molecule has 0 aliphatic carbocycles. The molecule has 2 unspecified atom stereocenters. The van der Waals surface area contributed by atoms with Crippen molar-refractivity contribution in [3.63, 3.8) is 0 Å². The monoisotopic (exact) mass is 399 g/mol. The van der Waals surface area contributed by atoms with E-state index in [1.54, 1.807) is 0 Å². The molecule has 6 N–H and O–H groups in total. The van der Waals surface area contributed by atoms with Crippen molar-refractivity contribution in [2.24, 2.45) is 0 Å². The van der Waals surface area contributed by atoms with Gasteiger partial charge in [-0.2, -0.15) is 0 Å². The molecule has 0 fully saturated rings. The van der Waals surface area contributed by atoms with Gasteiger partial charge in [-0.3, -0.25) is 0 Å². The van der Waals surface area contributed by atoms with Crippen molar-refractivity contribution in [2.75, 3.05) is 0 Å². The van der Waals surface area contributed by atoms with Gasteiger partial charge in [0.2, 0.25) is 0 Å². The molecule has 0 saturated carbocycles. The van der Waals surface area contributed by atoms with Crippen molar-refractivity contribution in [3.8, 4) is 0 Å². The SMILES string of the molecule is O=[P+](O)O.O=[P+](O)O.O=[P+](O)O.[AsH3].[AsH3]. The van der Waals surface area contributed by atoms with Crippen molar-refractivity contribution < 1.29 is 43.1 Å². The topological polar surface area (TPSA) is 173 Å². The Kier molecular flexibility index (Phi) is 50.0. The zero-order chi connectivity index (χ0) is 10.7. The molecule has 0 aliphatic rings. The molecule has 0 aromatic carbocycles. The van der Waals surface area contributed by atoms with Gasteiger partial charge >= 0.3 is 60.7 Å². The Morgan fingerprint density at radius 1 is 0.500 bits per heavy atom. The molecule has 0 radical (unpaired) electrons. The van der Waals surface area contributed by atoms with Gasteiger partial charge in [0.15, 0.2) is 0 Å². The van der Waals surface area contributed by atoms with Crippen LogP contribution in [0.15, 0.2) is 0 Å². The zero-order valence-electron chi connectivity index (χ0n) is 6.66. The summed E-state index contributed by atoms with van der Waals surface area (Å²) in [6.07, 6.45) is 0. The number of hydrogen-bond donors (Lipinski definition) is 6. The van der Waals surface area contributed by atoms with Crippen LogP contribution in [0.5, 0.6) is 0 Å². The van der Waals surface area contributed by atoms with Gasteiger partial charge in [0.25, 0.3) is 0 Å². The van der Waals surface area contributed by atoms with Crippen LogP contribution in [0.2, 0.25) is 0 Å². The van der Waals surface area contributed by atoms with Crippen LogP contribution in [0.1, 0.15) is 0 Å². The molecule has 2 atom stereocenters. The normalized spacial score (nSPS) is 5.57. The number of rotatable bonds is 0. The predicted molar refractivity (Wildman–Crippen MR) is 56.0 cm³/mol. The molecule has 0 aromatic rings. The van der Waals surface area contributed by atoms with Crippen LogP contribution in [-0.2, 0) is 13.7 Å². The van der Waals surface area contributed by atoms with Crippen LogP contribution in [0.4, 0.5) is 0 Å². The van der Waals surface area contributed by atoms with E-state index in [-0.39, 0.29) is 35.9 Å². The van der Waals surface area contributed by atoms with Crippen molar-refractivity contribution in [2.45, 2.75) is 0 Å². The van der Waals surface area contributed by atoms with Crippen molar-refractivity contribution in [1.29, 1.82) is 0 Å². The summed E-state index contributed by atoms with van der Waals surface area (Å²) in [5.74, 6) is 0. The molecular formula is H12As2O9P3+3. The molecule has 9 nitrogen and oxygen atoms in total. The van der Waals surface area contributed by atoms with Crippen LogP contribution in [0.3, 0.4) is 0 Å². The second kappa shape index (κ2) is 23.8. The van der Waals surface area contributed by atoms with Crippen LogP contribution < -0.4 is 0 Å². The van der Waals surface area contributed by atoms with Gasteiger partial charge in [0, 0.05) is 13.7 Å². The van der Waals surface area contributed by atoms with E-state index in [2.05, 4.69) is 0 Å². The summed E-state index contributed by atoms with van der Waals surface area (Å²) in [4.78, 5) is 42.7. The Bertz CT molecular complexity index is 116. The zero-order valence-corrected chi connectivity index (χ0v) is 15.3. The Morgan fingerprint density at radius 3 is 0.500 bits per heavy atom. The second-order valence-corrected chi connectivity index (χ2v) is 2.27. The van der Waals surface area contributed by atoms with Crippen molar-refractivity contribution in [3.05, 3.63) is 0 Å². The summed E-state index contributed by atoms with van der Waals surface area (Å²) >= 11 is 0. The third kappa shape index (κ3) is 1410. The average Bonchev–Trinajstić information content (AvgIpc) is 1.54. The van der Waals surface area contributed by atoms with Gasteiger partial charge in [0.05, 0.1) is 0 Å². The van der Waals surface area contributed by atoms with Gasteiger partial charge in [-0.05, 0) is 0 Å². The van der Waals surface area contributed by atoms with E-state index in [0.717, 1.165) is 0 Å². The standard InChI is InChI=1S/2AsH3.3HO3P/c;;3*1-4(2)3/h2*1H3;3*(H-,1,2,3)/p+3. The van der Waals surface area contributed by atoms with Gasteiger partial charge in [-0.25, -0.2) is 0 Å². The molecule has 0 aliphatic heterocycles. The van der Waals surface area contributed by atoms with Crippen molar-refractivity contribution >= 4 is 60.7 Å². The molecule has 0 saturated heterocycles. The quantitative estimate of drug-likeness (QED) is 0.179. The third-order valence-corrected chi connectivity index (χ3v) is 0. The second-order valence-electron chi connectivity index (χ2n) is 0.758. The molecule has 0 aromatic heterocycles. The Morgan fingerprint density at radius 2 is 0.500 bits per heavy atom. The van der Waals surface area contributed by atoms with Crippen LogP contribution >= 0.6 is 24.8 Å². The van der Waals surface area contributed by atoms with Gasteiger partial charge < -0.3 is 0 Å². The molecule has 14 heavy (non-hydrogen) atoms. The fourth-order valence-corrected chi connectivity index (χ4v) is 0. The molecule has 0 bridgehead atoms. The first kappa shape index (κ1) is 29.5. The Labute approximate surface area is 104 Å². The summed E-state index contributed by atoms with van der Waals surface area (Å²) < 4.78 is 26.1. The molecule has 14 heteroatoms. The first-order chi connectivity index (χ1) is 5.20. The fourth-order valence-electron chi connectivity index (χ4n) is 0. The van der Waals surface area contributed by atoms with E-state index in [0.29, 0.717) is 0 Å². The van der Waals surface area contributed by atoms with Crippen LogP contribution in [0.25, 0.3) is 0 Å². The Hall–Kier alpha value is 1.18. The summed E-state index contributed by atoms with van der Waals surface area (Å²) in [5.41, 5.74) is 0. The van der Waals surface area contributed by atoms with E-state index in [1.807, 2.05) is 0 Å². The van der Waals surface area contributed by atoms with E-state index in [9.17, 15) is 0 Å². The summed E-state index contributed by atoms with van der Waals surface area (Å²) in [6, 6.07) is 0. The predicted octanol–water partition coefficient (Wildman–Crippen LogP) is -3.48. The van der Waals surface area contributed by atoms with E-state index in [1.165, 1.54) is 0 Å². The summed E-state index contributed by atoms with van der Waals surface area (Å²) in [5, 5.41) is 0. The molecule has 88 valence electrons.